The van der Waals surface area contributed by atoms with Gasteiger partial charge in [0, 0.05) is 29.9 Å². The summed E-state index contributed by atoms with van der Waals surface area (Å²) >= 11 is 0. The van der Waals surface area contributed by atoms with Crippen LogP contribution in [0.2, 0.25) is 0 Å². The maximum Gasteiger partial charge on any atom is 0.135 e. The number of hydrogen-bond acceptors (Lipinski definition) is 5. The summed E-state index contributed by atoms with van der Waals surface area (Å²) in [6, 6.07) is 8.10. The van der Waals surface area contributed by atoms with E-state index in [1.807, 2.05) is 23.0 Å². The van der Waals surface area contributed by atoms with Crippen LogP contribution in [0.4, 0.5) is 5.82 Å². The summed E-state index contributed by atoms with van der Waals surface area (Å²) < 4.78 is 2.00. The molecule has 1 aromatic carbocycles. The smallest absolute Gasteiger partial charge is 0.135 e. The molecule has 132 valence electrons. The number of anilines is 1. The van der Waals surface area contributed by atoms with Crippen molar-refractivity contribution in [2.24, 2.45) is 0 Å². The number of nitrogens with zero attached hydrogens (tertiary/aromatic N) is 5. The molecule has 0 amide bonds. The van der Waals surface area contributed by atoms with Crippen molar-refractivity contribution in [1.82, 2.24) is 29.9 Å². The number of benzene rings is 1. The van der Waals surface area contributed by atoms with Gasteiger partial charge in [-0.1, -0.05) is 6.07 Å². The van der Waals surface area contributed by atoms with Gasteiger partial charge in [0.25, 0.3) is 0 Å². The van der Waals surface area contributed by atoms with Gasteiger partial charge in [0.2, 0.25) is 0 Å². The summed E-state index contributed by atoms with van der Waals surface area (Å²) in [5, 5.41) is 13.8. The molecule has 1 fully saturated rings. The first kappa shape index (κ1) is 15.3. The van der Waals surface area contributed by atoms with Crippen LogP contribution in [0.5, 0.6) is 0 Å². The van der Waals surface area contributed by atoms with Gasteiger partial charge in [-0.25, -0.2) is 4.98 Å². The van der Waals surface area contributed by atoms with Crippen LogP contribution in [-0.4, -0.2) is 49.5 Å². The summed E-state index contributed by atoms with van der Waals surface area (Å²) in [4.78, 5) is 7.09. The van der Waals surface area contributed by atoms with Crippen molar-refractivity contribution >= 4 is 27.6 Å². The predicted molar refractivity (Wildman–Crippen MR) is 103 cm³/mol. The monoisotopic (exact) mass is 347 g/mol. The van der Waals surface area contributed by atoms with Gasteiger partial charge in [0.05, 0.1) is 23.1 Å². The SMILES string of the molecule is Nc1nc2cc(-c3ccn[nH]3)ccc2c2nn(CCN3CCCC3)cc12. The van der Waals surface area contributed by atoms with E-state index in [4.69, 9.17) is 10.8 Å². The van der Waals surface area contributed by atoms with Crippen LogP contribution >= 0.6 is 0 Å². The number of nitrogen functional groups attached to an aromatic ring is 1. The van der Waals surface area contributed by atoms with Crippen molar-refractivity contribution in [2.75, 3.05) is 25.4 Å². The molecule has 3 aromatic heterocycles. The average Bonchev–Trinajstić information content (AvgIpc) is 3.40. The molecule has 1 aliphatic rings. The second kappa shape index (κ2) is 6.10. The van der Waals surface area contributed by atoms with E-state index in [2.05, 4.69) is 32.2 Å². The van der Waals surface area contributed by atoms with E-state index in [9.17, 15) is 0 Å². The maximum absolute atomic E-state index is 6.23. The molecule has 1 aliphatic heterocycles. The Bertz CT molecular complexity index is 1060. The largest absolute Gasteiger partial charge is 0.383 e. The van der Waals surface area contributed by atoms with Gasteiger partial charge < -0.3 is 10.6 Å². The number of H-pyrrole nitrogens is 1. The number of rotatable bonds is 4. The molecule has 3 N–H and O–H groups in total. The van der Waals surface area contributed by atoms with Crippen molar-refractivity contribution in [3.63, 3.8) is 0 Å². The lowest BCUT2D eigenvalue weighted by Gasteiger charge is -2.13. The third-order valence-corrected chi connectivity index (χ3v) is 5.19. The topological polar surface area (TPSA) is 88.6 Å². The highest BCUT2D eigenvalue weighted by Gasteiger charge is 2.14. The molecule has 0 atom stereocenters. The molecule has 0 bridgehead atoms. The molecule has 4 aromatic rings. The first-order valence-electron chi connectivity index (χ1n) is 9.06. The second-order valence-electron chi connectivity index (χ2n) is 6.90. The Morgan fingerprint density at radius 2 is 1.96 bits per heavy atom. The minimum atomic E-state index is 0.529. The Kier molecular flexibility index (Phi) is 3.60. The highest BCUT2D eigenvalue weighted by atomic mass is 15.3. The summed E-state index contributed by atoms with van der Waals surface area (Å²) in [6.45, 7) is 4.30. The Balaban J connectivity index is 1.53. The lowest BCUT2D eigenvalue weighted by atomic mass is 10.1. The molecule has 4 heterocycles. The van der Waals surface area contributed by atoms with Crippen LogP contribution in [0.25, 0.3) is 33.1 Å². The number of fused-ring (bicyclic) bond motifs is 3. The molecule has 7 nitrogen and oxygen atoms in total. The molecule has 0 unspecified atom stereocenters. The molecule has 5 rings (SSSR count). The standard InChI is InChI=1S/C19H21N7/c20-19-15-12-26(10-9-25-7-1-2-8-25)24-18(15)14-4-3-13(11-17(14)22-19)16-5-6-21-23-16/h3-6,11-12H,1-2,7-10H2,(H2,20,22)(H,21,23). The zero-order chi connectivity index (χ0) is 17.5. The average molecular weight is 347 g/mol. The van der Waals surface area contributed by atoms with Crippen LogP contribution in [0.1, 0.15) is 12.8 Å². The minimum Gasteiger partial charge on any atom is -0.383 e. The number of pyridine rings is 1. The summed E-state index contributed by atoms with van der Waals surface area (Å²) in [5.41, 5.74) is 10.0. The maximum atomic E-state index is 6.23. The fourth-order valence-corrected chi connectivity index (χ4v) is 3.77. The van der Waals surface area contributed by atoms with Crippen molar-refractivity contribution in [3.8, 4) is 11.3 Å². The third-order valence-electron chi connectivity index (χ3n) is 5.19. The Hall–Kier alpha value is -2.93. The second-order valence-corrected chi connectivity index (χ2v) is 6.90. The number of nitrogens with two attached hydrogens (primary N) is 1. The number of aromatic nitrogens is 5. The Morgan fingerprint density at radius 3 is 2.77 bits per heavy atom. The number of aromatic amines is 1. The molecule has 0 saturated carbocycles. The zero-order valence-corrected chi connectivity index (χ0v) is 14.5. The zero-order valence-electron chi connectivity index (χ0n) is 14.5. The van der Waals surface area contributed by atoms with Crippen LogP contribution < -0.4 is 5.73 Å². The first-order valence-corrected chi connectivity index (χ1v) is 9.06. The van der Waals surface area contributed by atoms with Crippen molar-refractivity contribution in [1.29, 1.82) is 0 Å². The van der Waals surface area contributed by atoms with Gasteiger partial charge in [0.1, 0.15) is 11.3 Å². The van der Waals surface area contributed by atoms with Crippen LogP contribution in [0.3, 0.4) is 0 Å². The van der Waals surface area contributed by atoms with Crippen molar-refractivity contribution in [3.05, 3.63) is 36.7 Å². The normalized spacial score (nSPS) is 15.4. The molecular weight excluding hydrogens is 326 g/mol. The highest BCUT2D eigenvalue weighted by Crippen LogP contribution is 2.29. The van der Waals surface area contributed by atoms with Gasteiger partial charge in [-0.3, -0.25) is 9.78 Å². The van der Waals surface area contributed by atoms with E-state index in [0.717, 1.165) is 46.2 Å². The van der Waals surface area contributed by atoms with Crippen molar-refractivity contribution < 1.29 is 0 Å². The number of likely N-dealkylation sites (tertiary alicyclic amines) is 1. The van der Waals surface area contributed by atoms with E-state index in [1.54, 1.807) is 6.20 Å². The third kappa shape index (κ3) is 2.61. The van der Waals surface area contributed by atoms with E-state index in [-0.39, 0.29) is 0 Å². The lowest BCUT2D eigenvalue weighted by Crippen LogP contribution is -2.24. The van der Waals surface area contributed by atoms with Gasteiger partial charge in [0.15, 0.2) is 0 Å². The fraction of sp³-hybridized carbons (Fsp3) is 0.316. The van der Waals surface area contributed by atoms with Crippen molar-refractivity contribution in [2.45, 2.75) is 19.4 Å². The molecule has 0 radical (unpaired) electrons. The fourth-order valence-electron chi connectivity index (χ4n) is 3.77. The minimum absolute atomic E-state index is 0.529. The number of hydrogen-bond donors (Lipinski definition) is 2. The Labute approximate surface area is 150 Å². The molecule has 0 aliphatic carbocycles. The van der Waals surface area contributed by atoms with E-state index in [0.29, 0.717) is 5.82 Å². The predicted octanol–water partition coefficient (Wildman–Crippen LogP) is 2.65. The molecular formula is C19H21N7. The number of nitrogens with one attached hydrogen (secondary N) is 1. The molecule has 26 heavy (non-hydrogen) atoms. The van der Waals surface area contributed by atoms with Gasteiger partial charge in [-0.2, -0.15) is 10.2 Å². The first-order chi connectivity index (χ1) is 12.8. The summed E-state index contributed by atoms with van der Waals surface area (Å²) in [6.07, 6.45) is 6.38. The van der Waals surface area contributed by atoms with Gasteiger partial charge in [-0.15, -0.1) is 0 Å². The Morgan fingerprint density at radius 1 is 1.08 bits per heavy atom. The highest BCUT2D eigenvalue weighted by molar-refractivity contribution is 6.08. The van der Waals surface area contributed by atoms with Crippen LogP contribution in [0, 0.1) is 0 Å². The van der Waals surface area contributed by atoms with E-state index in [1.165, 1.54) is 25.9 Å². The van der Waals surface area contributed by atoms with Gasteiger partial charge >= 0.3 is 0 Å². The molecule has 0 spiro atoms. The summed E-state index contributed by atoms with van der Waals surface area (Å²) in [7, 11) is 0. The lowest BCUT2D eigenvalue weighted by molar-refractivity contribution is 0.316. The molecule has 1 saturated heterocycles. The molecule has 7 heteroatoms. The van der Waals surface area contributed by atoms with Crippen LogP contribution in [0.15, 0.2) is 36.7 Å². The summed E-state index contributed by atoms with van der Waals surface area (Å²) in [5.74, 6) is 0.529. The van der Waals surface area contributed by atoms with Gasteiger partial charge in [-0.05, 0) is 44.1 Å². The quantitative estimate of drug-likeness (QED) is 0.592. The van der Waals surface area contributed by atoms with Crippen LogP contribution in [-0.2, 0) is 6.54 Å². The van der Waals surface area contributed by atoms with E-state index < -0.39 is 0 Å². The van der Waals surface area contributed by atoms with E-state index >= 15 is 0 Å².